The van der Waals surface area contributed by atoms with Crippen molar-refractivity contribution in [2.45, 2.75) is 127 Å². The summed E-state index contributed by atoms with van der Waals surface area (Å²) in [7, 11) is 12.2. The number of aryl methyl sites for hydroxylation is 1. The molecule has 1 aliphatic heterocycles. The monoisotopic (exact) mass is 1710 g/mol. The highest BCUT2D eigenvalue weighted by Crippen LogP contribution is 2.54. The van der Waals surface area contributed by atoms with Crippen LogP contribution in [0, 0.1) is 0 Å². The summed E-state index contributed by atoms with van der Waals surface area (Å²) in [5.74, 6) is -2.79. The van der Waals surface area contributed by atoms with Gasteiger partial charge in [-0.05, 0) is 251 Å². The minimum absolute atomic E-state index is 0.210. The molecule has 21 rings (SSSR count). The third-order valence-electron chi connectivity index (χ3n) is 28.4. The molecule has 16 aromatic carbocycles. The molecule has 0 saturated heterocycles. The molecule has 0 unspecified atom stereocenters. The maximum Gasteiger partial charge on any atom is 0.213 e. The number of carbonyl (C=O) groups excluding carboxylic acids is 1. The number of anilines is 6. The van der Waals surface area contributed by atoms with Crippen molar-refractivity contribution < 1.29 is 34.9 Å². The Labute approximate surface area is 762 Å². The number of aromatic nitrogens is 1. The number of para-hydroxylation sites is 4. The smallest absolute Gasteiger partial charge is 0.213 e. The molecule has 1 aromatic heterocycles. The second kappa shape index (κ2) is 36.4. The summed E-state index contributed by atoms with van der Waals surface area (Å²) >= 11 is 0. The zero-order chi connectivity index (χ0) is 89.9. The minimum Gasteiger partial charge on any atom is -0.871 e. The fourth-order valence-corrected chi connectivity index (χ4v) is 21.3. The molecule has 2 fully saturated rings. The Bertz CT molecular complexity index is 6940. The molecule has 17 aromatic rings. The van der Waals surface area contributed by atoms with E-state index in [9.17, 15) is 30.3 Å². The first-order chi connectivity index (χ1) is 63.4. The number of pyridine rings is 1. The van der Waals surface area contributed by atoms with Crippen molar-refractivity contribution in [1.29, 1.82) is 0 Å². The number of hydrogen-bond donors (Lipinski definition) is 0. The molecular formula is C118H112N6O6-4. The maximum atomic E-state index is 14.7. The summed E-state index contributed by atoms with van der Waals surface area (Å²) in [6.45, 7) is 13.0. The number of rotatable bonds is 22. The molecule has 0 spiro atoms. The molecule has 4 aliphatic rings. The number of Topliss-reactive ketones (excluding diaryl/α,β-unsaturated/α-hetero) is 1. The molecule has 130 heavy (non-hydrogen) atoms. The van der Waals surface area contributed by atoms with Gasteiger partial charge in [-0.2, -0.15) is 4.57 Å². The van der Waals surface area contributed by atoms with Crippen molar-refractivity contribution >= 4 is 160 Å². The average molecular weight is 1710 g/mol. The highest BCUT2D eigenvalue weighted by Gasteiger charge is 2.43. The van der Waals surface area contributed by atoms with E-state index in [1.807, 2.05) is 151 Å². The van der Waals surface area contributed by atoms with Crippen LogP contribution in [0.3, 0.4) is 0 Å². The molecule has 12 nitrogen and oxygen atoms in total. The topological polar surface area (TPSA) is 152 Å². The number of unbranched alkanes of at least 4 members (excludes halogenated alkanes) is 4. The lowest BCUT2D eigenvalue weighted by molar-refractivity contribution is -0.617. The fourth-order valence-electron chi connectivity index (χ4n) is 21.3. The van der Waals surface area contributed by atoms with Gasteiger partial charge in [-0.1, -0.05) is 241 Å². The van der Waals surface area contributed by atoms with E-state index in [0.29, 0.717) is 0 Å². The van der Waals surface area contributed by atoms with E-state index >= 15 is 0 Å². The molecule has 12 heteroatoms. The van der Waals surface area contributed by atoms with Crippen LogP contribution in [0.2, 0.25) is 0 Å². The van der Waals surface area contributed by atoms with Gasteiger partial charge in [-0.15, -0.1) is 24.4 Å². The first-order valence-corrected chi connectivity index (χ1v) is 46.8. The van der Waals surface area contributed by atoms with Crippen molar-refractivity contribution in [2.24, 2.45) is 7.05 Å². The molecule has 3 aliphatic carbocycles. The average Bonchev–Trinajstić information content (AvgIpc) is 0.703. The number of nitrogens with zero attached hydrogens (tertiary/aromatic N) is 6. The van der Waals surface area contributed by atoms with E-state index in [2.05, 4.69) is 239 Å². The summed E-state index contributed by atoms with van der Waals surface area (Å²) in [6.07, 6.45) is 8.60. The predicted octanol–water partition coefficient (Wildman–Crippen LogP) is 21.8. The Morgan fingerprint density at radius 1 is 0.331 bits per heavy atom. The normalized spacial score (nSPS) is 18.4. The number of carbonyl (C=O) groups is 1. The number of fused-ring (bicyclic) bond motifs is 12. The van der Waals surface area contributed by atoms with Gasteiger partial charge in [-0.3, -0.25) is 4.79 Å². The largest absolute Gasteiger partial charge is 0.871 e. The van der Waals surface area contributed by atoms with Crippen LogP contribution in [0.5, 0.6) is 0 Å². The van der Waals surface area contributed by atoms with E-state index in [1.54, 1.807) is 12.2 Å². The Morgan fingerprint density at radius 3 is 0.915 bits per heavy atom. The van der Waals surface area contributed by atoms with Crippen LogP contribution in [0.15, 0.2) is 314 Å². The quantitative estimate of drug-likeness (QED) is 0.0362. The Balaban J connectivity index is 0.000000128. The Morgan fingerprint density at radius 2 is 0.608 bits per heavy atom. The lowest BCUT2D eigenvalue weighted by Crippen LogP contribution is -2.63. The van der Waals surface area contributed by atoms with Crippen molar-refractivity contribution in [3.05, 3.63) is 353 Å². The summed E-state index contributed by atoms with van der Waals surface area (Å²) in [5, 5.41) is 90.8. The van der Waals surface area contributed by atoms with Crippen molar-refractivity contribution in [3.63, 3.8) is 0 Å². The maximum absolute atomic E-state index is 14.7. The van der Waals surface area contributed by atoms with Gasteiger partial charge in [0.15, 0.2) is 5.78 Å². The summed E-state index contributed by atoms with van der Waals surface area (Å²) in [4.78, 5) is 24.9. The van der Waals surface area contributed by atoms with Crippen molar-refractivity contribution in [2.75, 3.05) is 85.9 Å². The third kappa shape index (κ3) is 15.4. The second-order valence-corrected chi connectivity index (χ2v) is 36.6. The minimum atomic E-state index is -1.02. The first-order valence-electron chi connectivity index (χ1n) is 46.8. The molecular weight excluding hydrogens is 1600 g/mol. The second-order valence-electron chi connectivity index (χ2n) is 36.6. The molecule has 2 saturated carbocycles. The number of benzene rings is 16. The zero-order valence-electron chi connectivity index (χ0n) is 76.1. The standard InChI is InChI=1S/C48H56N2O2.C36H32N2O2.C34H24N2O2/c1-5-9-25-49(26-10-6-2)43-23-21-37(39-29-33-17-13-15-19-35(33)31-41(39)43)45-47(51)46(48(45)52)38-22-24-44(50(27-11-7-3)28-12-8-4)42-32-36-20-16-14-18-34(36)30-40(38)42;1-37(2)31-15-13-25(27-17-21-9-5-7-11-23(21)19-29(27)31)33-35(39)34(36(33)40)26-14-16-32(38(3)4)30-20-24-12-8-6-10-22(24)18-28(26)30;1-35-29-15-7-3-11-21(29)25(22-12-4-8-16-30(22)35)19-27-33(37)28(34(27)38)20-26-23-13-5-9-17-31(23)36(2)32-18-10-6-14-24(26)32/h13-24,29-32,45-48H,5-12,25-28H2,1-4H3;5-20,33-36H,1-4H3;3-20H,1-2H3/q2*-2;. The lowest BCUT2D eigenvalue weighted by Gasteiger charge is -2.62. The summed E-state index contributed by atoms with van der Waals surface area (Å²) in [5.41, 5.74) is 16.6. The highest BCUT2D eigenvalue weighted by atomic mass is 16.3. The van der Waals surface area contributed by atoms with Gasteiger partial charge >= 0.3 is 0 Å². The van der Waals surface area contributed by atoms with E-state index in [-0.39, 0.29) is 22.7 Å². The lowest BCUT2D eigenvalue weighted by atomic mass is 9.62. The van der Waals surface area contributed by atoms with Crippen molar-refractivity contribution in [1.82, 2.24) is 0 Å². The van der Waals surface area contributed by atoms with Crippen LogP contribution in [-0.4, -0.2) is 91.6 Å². The van der Waals surface area contributed by atoms with Crippen LogP contribution in [0.1, 0.15) is 142 Å². The molecule has 0 radical (unpaired) electrons. The van der Waals surface area contributed by atoms with Crippen LogP contribution in [-0.2, 0) is 11.8 Å². The van der Waals surface area contributed by atoms with Crippen LogP contribution < -0.4 is 54.6 Å². The molecule has 0 atom stereocenters. The Hall–Kier alpha value is -13.2. The summed E-state index contributed by atoms with van der Waals surface area (Å²) in [6, 6.07) is 100. The van der Waals surface area contributed by atoms with Crippen molar-refractivity contribution in [3.8, 4) is 0 Å². The fraction of sp³-hybridized carbons (Fsp3) is 0.254. The summed E-state index contributed by atoms with van der Waals surface area (Å²) < 4.78 is 2.15. The van der Waals surface area contributed by atoms with Gasteiger partial charge in [0, 0.05) is 157 Å². The van der Waals surface area contributed by atoms with Gasteiger partial charge in [0.25, 0.3) is 0 Å². The predicted molar refractivity (Wildman–Crippen MR) is 535 cm³/mol. The molecule has 0 amide bonds. The van der Waals surface area contributed by atoms with E-state index in [4.69, 9.17) is 0 Å². The number of hydrogen-bond acceptors (Lipinski definition) is 11. The highest BCUT2D eigenvalue weighted by molar-refractivity contribution is 6.25. The van der Waals surface area contributed by atoms with E-state index in [0.717, 1.165) is 242 Å². The Kier molecular flexibility index (Phi) is 24.1. The first kappa shape index (κ1) is 86.2. The van der Waals surface area contributed by atoms with Gasteiger partial charge in [0.05, 0.1) is 10.8 Å². The molecule has 654 valence electrons. The third-order valence-corrected chi connectivity index (χ3v) is 28.4. The van der Waals surface area contributed by atoms with Gasteiger partial charge in [-0.25, -0.2) is 0 Å². The zero-order valence-corrected chi connectivity index (χ0v) is 76.1. The van der Waals surface area contributed by atoms with E-state index in [1.165, 1.54) is 22.1 Å². The molecule has 2 heterocycles. The number of ketones is 1. The van der Waals surface area contributed by atoms with E-state index < -0.39 is 48.1 Å². The van der Waals surface area contributed by atoms with Crippen LogP contribution >= 0.6 is 0 Å². The number of allylic oxidation sites excluding steroid dienone is 3. The molecule has 0 bridgehead atoms. The van der Waals surface area contributed by atoms with Crippen LogP contribution in [0.25, 0.3) is 120 Å². The van der Waals surface area contributed by atoms with Gasteiger partial charge in [0.2, 0.25) is 11.0 Å². The SMILES string of the molecule is CCCCN(CCCC)c1ccc(C2C([O-])C(c3ccc(N(CCCC)CCCC)c4cc5ccccc5cc34)C2[O-])c2cc3ccccc3cc12.CN(C)c1ccc(C2C([O-])C(c3ccc(N(C)C)c4cc5ccccc5cc34)C2[O-])c2cc3ccccc3cc12.CN1c2ccccc2C(=CC2=C([O-])C(=Cc3c4ccccc4[n+](C)c4ccccc34)C2=O)c2ccccc21. The van der Waals surface area contributed by atoms with Gasteiger partial charge < -0.3 is 50.0 Å². The molecule has 0 N–H and O–H groups in total. The van der Waals surface area contributed by atoms with Gasteiger partial charge in [0.1, 0.15) is 7.05 Å². The van der Waals surface area contributed by atoms with Crippen LogP contribution in [0.4, 0.5) is 34.1 Å².